The summed E-state index contributed by atoms with van der Waals surface area (Å²) in [7, 11) is 0. The van der Waals surface area contributed by atoms with E-state index in [1.54, 1.807) is 0 Å². The molecule has 0 aliphatic carbocycles. The van der Waals surface area contributed by atoms with Crippen molar-refractivity contribution < 1.29 is 9.72 Å². The Morgan fingerprint density at radius 1 is 1.60 bits per heavy atom. The normalized spacial score (nSPS) is 12.2. The van der Waals surface area contributed by atoms with Crippen molar-refractivity contribution in [1.82, 2.24) is 0 Å². The zero-order chi connectivity index (χ0) is 11.6. The van der Waals surface area contributed by atoms with Gasteiger partial charge in [0.15, 0.2) is 5.78 Å². The fourth-order valence-corrected chi connectivity index (χ4v) is 2.24. The van der Waals surface area contributed by atoms with Crippen LogP contribution in [0.4, 0.5) is 5.69 Å². The van der Waals surface area contributed by atoms with E-state index >= 15 is 0 Å². The van der Waals surface area contributed by atoms with Gasteiger partial charge in [0.1, 0.15) is 5.38 Å². The number of hydrogen-bond acceptors (Lipinski definition) is 3. The second kappa shape index (κ2) is 4.89. The third-order valence-electron chi connectivity index (χ3n) is 1.82. The molecule has 1 aromatic rings. The first kappa shape index (κ1) is 12.4. The number of nitro groups is 1. The van der Waals surface area contributed by atoms with Crippen molar-refractivity contribution in [3.05, 3.63) is 37.4 Å². The third kappa shape index (κ3) is 2.88. The van der Waals surface area contributed by atoms with E-state index in [2.05, 4.69) is 0 Å². The molecule has 1 atom stereocenters. The summed E-state index contributed by atoms with van der Waals surface area (Å²) in [5, 5.41) is 9.73. The number of carbonyl (C=O) groups excluding carboxylic acids is 1. The minimum absolute atomic E-state index is 0.00410. The summed E-state index contributed by atoms with van der Waals surface area (Å²) < 4.78 is 0.622. The SMILES string of the molecule is CC(=O)C(Cl)c1ccc([N+](=O)[O-])cc1I. The molecule has 0 radical (unpaired) electrons. The molecule has 0 N–H and O–H groups in total. The first-order valence-electron chi connectivity index (χ1n) is 4.02. The van der Waals surface area contributed by atoms with Crippen molar-refractivity contribution in [2.75, 3.05) is 0 Å². The van der Waals surface area contributed by atoms with Crippen LogP contribution < -0.4 is 0 Å². The van der Waals surface area contributed by atoms with E-state index < -0.39 is 10.3 Å². The Hall–Kier alpha value is -0.690. The Balaban J connectivity index is 3.13. The van der Waals surface area contributed by atoms with Crippen molar-refractivity contribution in [1.29, 1.82) is 0 Å². The van der Waals surface area contributed by atoms with Gasteiger partial charge in [0.2, 0.25) is 0 Å². The van der Waals surface area contributed by atoms with E-state index in [4.69, 9.17) is 11.6 Å². The highest BCUT2D eigenvalue weighted by Crippen LogP contribution is 2.28. The molecule has 0 saturated heterocycles. The summed E-state index contributed by atoms with van der Waals surface area (Å²) in [5.41, 5.74) is 0.603. The van der Waals surface area contributed by atoms with Crippen molar-refractivity contribution in [3.63, 3.8) is 0 Å². The van der Waals surface area contributed by atoms with Crippen LogP contribution in [-0.2, 0) is 4.79 Å². The van der Waals surface area contributed by atoms with Crippen LogP contribution >= 0.6 is 34.2 Å². The van der Waals surface area contributed by atoms with Crippen molar-refractivity contribution >= 4 is 45.7 Å². The van der Waals surface area contributed by atoms with Gasteiger partial charge in [-0.2, -0.15) is 0 Å². The molecule has 0 spiro atoms. The molecule has 0 bridgehead atoms. The van der Waals surface area contributed by atoms with Crippen LogP contribution in [0.3, 0.4) is 0 Å². The second-order valence-corrected chi connectivity index (χ2v) is 4.53. The maximum absolute atomic E-state index is 11.0. The highest BCUT2D eigenvalue weighted by Gasteiger charge is 2.18. The number of Topliss-reactive ketones (excluding diaryl/α,β-unsaturated/α-hetero) is 1. The molecule has 4 nitrogen and oxygen atoms in total. The summed E-state index contributed by atoms with van der Waals surface area (Å²) in [6.07, 6.45) is 0. The number of rotatable bonds is 3. The first-order valence-corrected chi connectivity index (χ1v) is 5.53. The Labute approximate surface area is 105 Å². The molecular weight excluding hydrogens is 332 g/mol. The number of halogens is 2. The molecule has 0 aliphatic heterocycles. The fraction of sp³-hybridized carbons (Fsp3) is 0.222. The minimum Gasteiger partial charge on any atom is -0.298 e. The summed E-state index contributed by atoms with van der Waals surface area (Å²) in [6.45, 7) is 1.38. The van der Waals surface area contributed by atoms with Crippen LogP contribution in [0.15, 0.2) is 18.2 Å². The topological polar surface area (TPSA) is 60.2 Å². The average Bonchev–Trinajstić information content (AvgIpc) is 2.16. The molecule has 0 fully saturated rings. The van der Waals surface area contributed by atoms with E-state index in [0.29, 0.717) is 9.13 Å². The van der Waals surface area contributed by atoms with Crippen molar-refractivity contribution in [3.8, 4) is 0 Å². The molecule has 1 aromatic carbocycles. The Morgan fingerprint density at radius 2 is 2.20 bits per heavy atom. The summed E-state index contributed by atoms with van der Waals surface area (Å²) in [4.78, 5) is 21.0. The van der Waals surface area contributed by atoms with E-state index in [1.807, 2.05) is 22.6 Å². The fourth-order valence-electron chi connectivity index (χ4n) is 1.05. The summed E-state index contributed by atoms with van der Waals surface area (Å²) in [6, 6.07) is 4.25. The van der Waals surface area contributed by atoms with Crippen LogP contribution in [0, 0.1) is 13.7 Å². The van der Waals surface area contributed by atoms with Crippen LogP contribution in [0.1, 0.15) is 17.9 Å². The molecule has 1 unspecified atom stereocenters. The predicted molar refractivity (Wildman–Crippen MR) is 65.1 cm³/mol. The van der Waals surface area contributed by atoms with Gasteiger partial charge in [-0.05, 0) is 41.1 Å². The Kier molecular flexibility index (Phi) is 4.04. The quantitative estimate of drug-likeness (QED) is 0.368. The maximum atomic E-state index is 11.0. The lowest BCUT2D eigenvalue weighted by molar-refractivity contribution is -0.385. The minimum atomic E-state index is -0.738. The lowest BCUT2D eigenvalue weighted by Gasteiger charge is -2.07. The van der Waals surface area contributed by atoms with Crippen molar-refractivity contribution in [2.45, 2.75) is 12.3 Å². The smallest absolute Gasteiger partial charge is 0.270 e. The van der Waals surface area contributed by atoms with Crippen LogP contribution in [0.5, 0.6) is 0 Å². The van der Waals surface area contributed by atoms with Crippen LogP contribution in [0.25, 0.3) is 0 Å². The molecule has 80 valence electrons. The van der Waals surface area contributed by atoms with Gasteiger partial charge in [-0.15, -0.1) is 11.6 Å². The second-order valence-electron chi connectivity index (χ2n) is 2.94. The number of hydrogen-bond donors (Lipinski definition) is 0. The standard InChI is InChI=1S/C9H7ClINO3/c1-5(13)9(10)7-3-2-6(12(14)15)4-8(7)11/h2-4,9H,1H3. The van der Waals surface area contributed by atoms with Crippen LogP contribution in [0.2, 0.25) is 0 Å². The van der Waals surface area contributed by atoms with E-state index in [1.165, 1.54) is 25.1 Å². The number of non-ortho nitro benzene ring substituents is 1. The number of benzene rings is 1. The molecule has 0 saturated carbocycles. The monoisotopic (exact) mass is 339 g/mol. The number of nitrogens with zero attached hydrogens (tertiary/aromatic N) is 1. The molecule has 0 amide bonds. The molecule has 1 rings (SSSR count). The largest absolute Gasteiger partial charge is 0.298 e. The molecule has 0 heterocycles. The Morgan fingerprint density at radius 3 is 2.60 bits per heavy atom. The van der Waals surface area contributed by atoms with E-state index in [0.717, 1.165) is 0 Å². The van der Waals surface area contributed by atoms with Gasteiger partial charge in [-0.1, -0.05) is 0 Å². The van der Waals surface area contributed by atoms with Gasteiger partial charge < -0.3 is 0 Å². The lowest BCUT2D eigenvalue weighted by Crippen LogP contribution is -2.04. The molecule has 6 heteroatoms. The van der Waals surface area contributed by atoms with Gasteiger partial charge in [0.05, 0.1) is 4.92 Å². The molecule has 0 aliphatic rings. The summed E-state index contributed by atoms with van der Waals surface area (Å²) in [5.74, 6) is -0.177. The third-order valence-corrected chi connectivity index (χ3v) is 3.30. The number of alkyl halides is 1. The predicted octanol–water partition coefficient (Wildman–Crippen LogP) is 3.07. The Bertz CT molecular complexity index is 422. The summed E-state index contributed by atoms with van der Waals surface area (Å²) >= 11 is 7.78. The number of nitro benzene ring substituents is 1. The highest BCUT2D eigenvalue weighted by atomic mass is 127. The van der Waals surface area contributed by atoms with Gasteiger partial charge in [0.25, 0.3) is 5.69 Å². The van der Waals surface area contributed by atoms with Gasteiger partial charge in [-0.25, -0.2) is 0 Å². The first-order chi connectivity index (χ1) is 6.93. The van der Waals surface area contributed by atoms with E-state index in [-0.39, 0.29) is 11.5 Å². The van der Waals surface area contributed by atoms with Crippen LogP contribution in [-0.4, -0.2) is 10.7 Å². The molecule has 15 heavy (non-hydrogen) atoms. The van der Waals surface area contributed by atoms with Gasteiger partial charge in [0, 0.05) is 15.7 Å². The van der Waals surface area contributed by atoms with E-state index in [9.17, 15) is 14.9 Å². The molecular formula is C9H7ClINO3. The zero-order valence-corrected chi connectivity index (χ0v) is 10.7. The number of ketones is 1. The van der Waals surface area contributed by atoms with Gasteiger partial charge >= 0.3 is 0 Å². The lowest BCUT2D eigenvalue weighted by atomic mass is 10.1. The van der Waals surface area contributed by atoms with Crippen molar-refractivity contribution in [2.24, 2.45) is 0 Å². The average molecular weight is 340 g/mol. The number of carbonyl (C=O) groups is 1. The highest BCUT2D eigenvalue weighted by molar-refractivity contribution is 14.1. The zero-order valence-electron chi connectivity index (χ0n) is 7.74. The van der Waals surface area contributed by atoms with Gasteiger partial charge in [-0.3, -0.25) is 14.9 Å². The molecule has 0 aromatic heterocycles. The maximum Gasteiger partial charge on any atom is 0.270 e.